The van der Waals surface area contributed by atoms with Crippen molar-refractivity contribution in [2.75, 3.05) is 6.54 Å². The Labute approximate surface area is 131 Å². The van der Waals surface area contributed by atoms with Crippen molar-refractivity contribution >= 4 is 22.6 Å². The van der Waals surface area contributed by atoms with Crippen molar-refractivity contribution in [1.29, 1.82) is 0 Å². The first-order chi connectivity index (χ1) is 9.78. The zero-order valence-corrected chi connectivity index (χ0v) is 13.3. The van der Waals surface area contributed by atoms with Crippen LogP contribution in [-0.2, 0) is 19.5 Å². The summed E-state index contributed by atoms with van der Waals surface area (Å²) in [7, 11) is 0. The van der Waals surface area contributed by atoms with E-state index in [-0.39, 0.29) is 0 Å². The smallest absolute Gasteiger partial charge is 0.164 e. The molecule has 1 aliphatic carbocycles. The zero-order chi connectivity index (χ0) is 13.5. The van der Waals surface area contributed by atoms with E-state index in [0.29, 0.717) is 5.92 Å². The molecule has 0 saturated heterocycles. The summed E-state index contributed by atoms with van der Waals surface area (Å²) in [5.74, 6) is 2.75. The van der Waals surface area contributed by atoms with Crippen molar-refractivity contribution in [1.82, 2.24) is 14.9 Å². The maximum absolute atomic E-state index is 5.65. The van der Waals surface area contributed by atoms with E-state index >= 15 is 0 Å². The van der Waals surface area contributed by atoms with Crippen LogP contribution in [0.4, 0.5) is 0 Å². The van der Waals surface area contributed by atoms with E-state index in [2.05, 4.69) is 38.5 Å². The molecular weight excluding hydrogens is 365 g/mol. The fraction of sp³-hybridized carbons (Fsp3) is 0.467. The highest BCUT2D eigenvalue weighted by Crippen LogP contribution is 2.38. The summed E-state index contributed by atoms with van der Waals surface area (Å²) in [4.78, 5) is 11.7. The van der Waals surface area contributed by atoms with Gasteiger partial charge in [-0.1, -0.05) is 0 Å². The van der Waals surface area contributed by atoms with E-state index < -0.39 is 0 Å². The minimum atomic E-state index is 0.642. The van der Waals surface area contributed by atoms with Gasteiger partial charge >= 0.3 is 0 Å². The van der Waals surface area contributed by atoms with Gasteiger partial charge in [-0.3, -0.25) is 4.90 Å². The molecule has 2 aliphatic rings. The maximum Gasteiger partial charge on any atom is 0.164 e. The molecule has 1 saturated carbocycles. The van der Waals surface area contributed by atoms with Crippen molar-refractivity contribution in [3.63, 3.8) is 0 Å². The van der Waals surface area contributed by atoms with Crippen LogP contribution in [0, 0.1) is 3.77 Å². The van der Waals surface area contributed by atoms with Crippen molar-refractivity contribution < 1.29 is 4.42 Å². The molecule has 5 heteroatoms. The van der Waals surface area contributed by atoms with Crippen molar-refractivity contribution in [3.8, 4) is 0 Å². The van der Waals surface area contributed by atoms with E-state index in [9.17, 15) is 0 Å². The molecule has 20 heavy (non-hydrogen) atoms. The lowest BCUT2D eigenvalue weighted by Crippen LogP contribution is -2.31. The fourth-order valence-corrected chi connectivity index (χ4v) is 3.18. The first-order valence-corrected chi connectivity index (χ1v) is 8.17. The molecule has 2 aromatic heterocycles. The first-order valence-electron chi connectivity index (χ1n) is 7.09. The topological polar surface area (TPSA) is 42.2 Å². The summed E-state index contributed by atoms with van der Waals surface area (Å²) in [5, 5.41) is 0. The third kappa shape index (κ3) is 2.61. The Hall–Kier alpha value is -0.950. The highest BCUT2D eigenvalue weighted by Gasteiger charge is 2.28. The molecule has 0 aromatic carbocycles. The fourth-order valence-electron chi connectivity index (χ4n) is 2.72. The highest BCUT2D eigenvalue weighted by molar-refractivity contribution is 14.1. The number of hydrogen-bond acceptors (Lipinski definition) is 4. The van der Waals surface area contributed by atoms with Gasteiger partial charge < -0.3 is 4.42 Å². The number of hydrogen-bond donors (Lipinski definition) is 0. The number of fused-ring (bicyclic) bond motifs is 1. The average molecular weight is 381 g/mol. The number of nitrogens with zero attached hydrogens (tertiary/aromatic N) is 3. The van der Waals surface area contributed by atoms with E-state index in [4.69, 9.17) is 9.40 Å². The molecule has 0 radical (unpaired) electrons. The van der Waals surface area contributed by atoms with Crippen LogP contribution in [0.1, 0.15) is 41.6 Å². The molecule has 0 unspecified atom stereocenters. The molecule has 0 bridgehead atoms. The molecule has 2 aromatic rings. The minimum absolute atomic E-state index is 0.642. The SMILES string of the molecule is Ic1ccc(CN2CCc3nc(C4CC4)ncc3C2)o1. The normalized spacial score (nSPS) is 19.1. The van der Waals surface area contributed by atoms with Crippen LogP contribution >= 0.6 is 22.6 Å². The van der Waals surface area contributed by atoms with Crippen LogP contribution in [0.15, 0.2) is 22.7 Å². The predicted octanol–water partition coefficient (Wildman–Crippen LogP) is 3.11. The van der Waals surface area contributed by atoms with Gasteiger partial charge in [0.05, 0.1) is 6.54 Å². The second-order valence-electron chi connectivity index (χ2n) is 5.64. The second kappa shape index (κ2) is 5.11. The molecule has 4 nitrogen and oxygen atoms in total. The van der Waals surface area contributed by atoms with Crippen molar-refractivity contribution in [2.45, 2.75) is 38.3 Å². The average Bonchev–Trinajstić information content (AvgIpc) is 3.22. The highest BCUT2D eigenvalue weighted by atomic mass is 127. The van der Waals surface area contributed by atoms with Gasteiger partial charge in [-0.25, -0.2) is 9.97 Å². The van der Waals surface area contributed by atoms with E-state index in [1.807, 2.05) is 12.3 Å². The van der Waals surface area contributed by atoms with E-state index in [1.54, 1.807) is 0 Å². The monoisotopic (exact) mass is 381 g/mol. The summed E-state index contributed by atoms with van der Waals surface area (Å²) < 4.78 is 6.60. The first kappa shape index (κ1) is 12.8. The van der Waals surface area contributed by atoms with Gasteiger partial charge in [0.2, 0.25) is 0 Å². The molecule has 104 valence electrons. The summed E-state index contributed by atoms with van der Waals surface area (Å²) in [5.41, 5.74) is 2.54. The molecule has 3 heterocycles. The predicted molar refractivity (Wildman–Crippen MR) is 83.3 cm³/mol. The van der Waals surface area contributed by atoms with Gasteiger partial charge in [0.15, 0.2) is 3.77 Å². The van der Waals surface area contributed by atoms with Crippen molar-refractivity contribution in [2.24, 2.45) is 0 Å². The third-order valence-electron chi connectivity index (χ3n) is 3.98. The Kier molecular flexibility index (Phi) is 3.26. The molecule has 1 fully saturated rings. The maximum atomic E-state index is 5.65. The zero-order valence-electron chi connectivity index (χ0n) is 11.2. The third-order valence-corrected chi connectivity index (χ3v) is 4.56. The lowest BCUT2D eigenvalue weighted by molar-refractivity contribution is 0.222. The van der Waals surface area contributed by atoms with Gasteiger partial charge in [0, 0.05) is 42.9 Å². The number of rotatable bonds is 3. The number of aromatic nitrogens is 2. The lowest BCUT2D eigenvalue weighted by atomic mass is 10.1. The molecular formula is C15H16IN3O. The summed E-state index contributed by atoms with van der Waals surface area (Å²) >= 11 is 2.21. The van der Waals surface area contributed by atoms with Gasteiger partial charge in [0.25, 0.3) is 0 Å². The summed E-state index contributed by atoms with van der Waals surface area (Å²) in [6, 6.07) is 4.07. The molecule has 0 atom stereocenters. The summed E-state index contributed by atoms with van der Waals surface area (Å²) in [6.45, 7) is 2.84. The van der Waals surface area contributed by atoms with Crippen LogP contribution in [-0.4, -0.2) is 21.4 Å². The van der Waals surface area contributed by atoms with Crippen LogP contribution < -0.4 is 0 Å². The quantitative estimate of drug-likeness (QED) is 0.767. The van der Waals surface area contributed by atoms with E-state index in [0.717, 1.165) is 41.4 Å². The molecule has 0 spiro atoms. The van der Waals surface area contributed by atoms with Gasteiger partial charge in [-0.2, -0.15) is 0 Å². The van der Waals surface area contributed by atoms with Crippen molar-refractivity contribution in [3.05, 3.63) is 44.9 Å². The molecule has 4 rings (SSSR count). The Morgan fingerprint density at radius 3 is 3.00 bits per heavy atom. The minimum Gasteiger partial charge on any atom is -0.454 e. The largest absolute Gasteiger partial charge is 0.454 e. The van der Waals surface area contributed by atoms with Gasteiger partial charge in [-0.15, -0.1) is 0 Å². The summed E-state index contributed by atoms with van der Waals surface area (Å²) in [6.07, 6.45) is 5.59. The molecule has 0 amide bonds. The number of halogens is 1. The Morgan fingerprint density at radius 2 is 2.25 bits per heavy atom. The Balaban J connectivity index is 1.48. The lowest BCUT2D eigenvalue weighted by Gasteiger charge is -2.27. The van der Waals surface area contributed by atoms with E-state index in [1.165, 1.54) is 24.1 Å². The van der Waals surface area contributed by atoms with Gasteiger partial charge in [-0.05, 0) is 47.6 Å². The molecule has 1 aliphatic heterocycles. The van der Waals surface area contributed by atoms with Crippen LogP contribution in [0.3, 0.4) is 0 Å². The second-order valence-corrected chi connectivity index (χ2v) is 6.70. The Morgan fingerprint density at radius 1 is 1.35 bits per heavy atom. The van der Waals surface area contributed by atoms with Crippen LogP contribution in [0.25, 0.3) is 0 Å². The van der Waals surface area contributed by atoms with Crippen LogP contribution in [0.5, 0.6) is 0 Å². The van der Waals surface area contributed by atoms with Crippen LogP contribution in [0.2, 0.25) is 0 Å². The standard InChI is InChI=1S/C15H16IN3O/c16-14-4-3-12(20-14)9-19-6-5-13-11(8-19)7-17-15(18-13)10-1-2-10/h3-4,7,10H,1-2,5-6,8-9H2. The van der Waals surface area contributed by atoms with Gasteiger partial charge in [0.1, 0.15) is 11.6 Å². The number of furan rings is 1. The molecule has 0 N–H and O–H groups in total. The Bertz CT molecular complexity index is 636.